The van der Waals surface area contributed by atoms with Crippen molar-refractivity contribution in [2.75, 3.05) is 46.3 Å². The number of hydrogen-bond donors (Lipinski definition) is 2. The van der Waals surface area contributed by atoms with Gasteiger partial charge in [0, 0.05) is 73.0 Å². The number of benzene rings is 1. The van der Waals surface area contributed by atoms with Gasteiger partial charge in [-0.2, -0.15) is 4.31 Å². The summed E-state index contributed by atoms with van der Waals surface area (Å²) in [6, 6.07) is 6.07. The predicted octanol–water partition coefficient (Wildman–Crippen LogP) is 1.37. The standard InChI is InChI=1S/C25H29ClN6O5S2/c1-29-5-4-20-21(14-29)38-24(28-20)25(35)32-7-6-31(12-17(32)11-30-13-18(33)10-23(30)34)39(36,37)22-9-15-8-16(26)2-3-19(15)27-22/h2-3,8-9,17-18,27,33H,4-7,10-14H2,1H3. The van der Waals surface area contributed by atoms with E-state index in [1.54, 1.807) is 29.2 Å². The Hall–Kier alpha value is -2.55. The third-order valence-electron chi connectivity index (χ3n) is 7.61. The van der Waals surface area contributed by atoms with Gasteiger partial charge in [-0.05, 0) is 31.3 Å². The van der Waals surface area contributed by atoms with E-state index in [9.17, 15) is 23.1 Å². The number of halogens is 1. The topological polar surface area (TPSA) is 130 Å². The van der Waals surface area contributed by atoms with Crippen LogP contribution in [0.15, 0.2) is 29.3 Å². The van der Waals surface area contributed by atoms with Gasteiger partial charge in [0.05, 0.1) is 24.3 Å². The van der Waals surface area contributed by atoms with Gasteiger partial charge in [0.2, 0.25) is 5.91 Å². The van der Waals surface area contributed by atoms with E-state index in [0.29, 0.717) is 20.9 Å². The van der Waals surface area contributed by atoms with Crippen LogP contribution in [0.2, 0.25) is 5.02 Å². The fourth-order valence-corrected chi connectivity index (χ4v) is 8.35. The summed E-state index contributed by atoms with van der Waals surface area (Å²) in [4.78, 5) is 40.2. The normalized spacial score (nSPS) is 23.1. The molecular formula is C25H29ClN6O5S2. The van der Waals surface area contributed by atoms with E-state index >= 15 is 0 Å². The van der Waals surface area contributed by atoms with Crippen molar-refractivity contribution in [1.29, 1.82) is 0 Å². The summed E-state index contributed by atoms with van der Waals surface area (Å²) in [5.41, 5.74) is 1.59. The molecule has 2 amide bonds. The average Bonchev–Trinajstić information content (AvgIpc) is 3.59. The molecule has 6 rings (SSSR count). The minimum absolute atomic E-state index is 0.0118. The number of nitrogens with zero attached hydrogens (tertiary/aromatic N) is 5. The van der Waals surface area contributed by atoms with E-state index in [-0.39, 0.29) is 56.0 Å². The molecule has 39 heavy (non-hydrogen) atoms. The van der Waals surface area contributed by atoms with Gasteiger partial charge in [-0.15, -0.1) is 11.3 Å². The zero-order valence-electron chi connectivity index (χ0n) is 21.3. The molecule has 2 saturated heterocycles. The Morgan fingerprint density at radius 3 is 2.82 bits per heavy atom. The van der Waals surface area contributed by atoms with Crippen LogP contribution >= 0.6 is 22.9 Å². The quantitative estimate of drug-likeness (QED) is 0.458. The van der Waals surface area contributed by atoms with Crippen LogP contribution in [0.25, 0.3) is 10.9 Å². The molecule has 1 aromatic carbocycles. The van der Waals surface area contributed by atoms with Gasteiger partial charge >= 0.3 is 0 Å². The zero-order chi connectivity index (χ0) is 27.5. The SMILES string of the molecule is CN1CCc2nc(C(=O)N3CCN(S(=O)(=O)c4cc5cc(Cl)ccc5[nH]4)CC3CN3CC(O)CC3=O)sc2C1. The van der Waals surface area contributed by atoms with Crippen LogP contribution < -0.4 is 0 Å². The first-order valence-electron chi connectivity index (χ1n) is 12.8. The lowest BCUT2D eigenvalue weighted by Gasteiger charge is -2.41. The number of likely N-dealkylation sites (N-methyl/N-ethyl adjacent to an activating group) is 1. The van der Waals surface area contributed by atoms with Crippen LogP contribution in [0.3, 0.4) is 0 Å². The number of amides is 2. The molecule has 2 unspecified atom stereocenters. The molecule has 0 spiro atoms. The van der Waals surface area contributed by atoms with Gasteiger partial charge in [-0.25, -0.2) is 13.4 Å². The predicted molar refractivity (Wildman–Crippen MR) is 146 cm³/mol. The van der Waals surface area contributed by atoms with Gasteiger partial charge in [-0.1, -0.05) is 11.6 Å². The van der Waals surface area contributed by atoms with Gasteiger partial charge in [-0.3, -0.25) is 9.59 Å². The van der Waals surface area contributed by atoms with Gasteiger partial charge < -0.3 is 24.8 Å². The molecule has 208 valence electrons. The summed E-state index contributed by atoms with van der Waals surface area (Å²) < 4.78 is 28.7. The van der Waals surface area contributed by atoms with Gasteiger partial charge in [0.15, 0.2) is 5.01 Å². The first-order chi connectivity index (χ1) is 18.6. The molecule has 2 fully saturated rings. The van der Waals surface area contributed by atoms with E-state index in [4.69, 9.17) is 11.6 Å². The minimum atomic E-state index is -3.92. The molecule has 2 atom stereocenters. The molecule has 14 heteroatoms. The number of nitrogens with one attached hydrogen (secondary N) is 1. The highest BCUT2D eigenvalue weighted by Gasteiger charge is 2.41. The number of aliphatic hydroxyl groups excluding tert-OH is 1. The van der Waals surface area contributed by atoms with E-state index < -0.39 is 22.2 Å². The van der Waals surface area contributed by atoms with Crippen molar-refractivity contribution in [3.8, 4) is 0 Å². The largest absolute Gasteiger partial charge is 0.391 e. The number of fused-ring (bicyclic) bond motifs is 2. The number of aliphatic hydroxyl groups is 1. The molecule has 0 saturated carbocycles. The van der Waals surface area contributed by atoms with Crippen molar-refractivity contribution >= 4 is 55.7 Å². The number of rotatable bonds is 5. The summed E-state index contributed by atoms with van der Waals surface area (Å²) in [5.74, 6) is -0.471. The van der Waals surface area contributed by atoms with Crippen molar-refractivity contribution in [1.82, 2.24) is 29.0 Å². The lowest BCUT2D eigenvalue weighted by atomic mass is 10.1. The van der Waals surface area contributed by atoms with E-state index in [1.165, 1.54) is 20.5 Å². The molecule has 3 aromatic rings. The molecule has 3 aliphatic heterocycles. The van der Waals surface area contributed by atoms with Gasteiger partial charge in [0.1, 0.15) is 5.03 Å². The van der Waals surface area contributed by atoms with Crippen molar-refractivity contribution in [2.24, 2.45) is 0 Å². The van der Waals surface area contributed by atoms with Crippen LogP contribution in [0.4, 0.5) is 0 Å². The number of likely N-dealkylation sites (tertiary alicyclic amines) is 1. The highest BCUT2D eigenvalue weighted by Crippen LogP contribution is 2.29. The lowest BCUT2D eigenvalue weighted by Crippen LogP contribution is -2.59. The van der Waals surface area contributed by atoms with Crippen LogP contribution in [-0.2, 0) is 27.8 Å². The smallest absolute Gasteiger partial charge is 0.283 e. The summed E-state index contributed by atoms with van der Waals surface area (Å²) in [6.45, 7) is 2.18. The Kier molecular flexibility index (Phi) is 6.92. The second kappa shape index (κ2) is 10.1. The number of carbonyl (C=O) groups excluding carboxylic acids is 2. The fourth-order valence-electron chi connectivity index (χ4n) is 5.54. The monoisotopic (exact) mass is 592 g/mol. The average molecular weight is 593 g/mol. The molecular weight excluding hydrogens is 564 g/mol. The number of β-amino-alcohol motifs (C(OH)–C–C–N with tert-alkyl or cyclic N) is 1. The molecule has 2 N–H and O–H groups in total. The molecule has 3 aliphatic rings. The zero-order valence-corrected chi connectivity index (χ0v) is 23.7. The third kappa shape index (κ3) is 5.07. The summed E-state index contributed by atoms with van der Waals surface area (Å²) in [7, 11) is -1.89. The van der Waals surface area contributed by atoms with Crippen molar-refractivity contribution in [2.45, 2.75) is 36.6 Å². The molecule has 2 aromatic heterocycles. The Balaban J connectivity index is 1.28. The van der Waals surface area contributed by atoms with Gasteiger partial charge in [0.25, 0.3) is 15.9 Å². The number of piperazine rings is 1. The van der Waals surface area contributed by atoms with Crippen LogP contribution in [-0.4, -0.2) is 113 Å². The Labute approximate surface area is 235 Å². The first-order valence-corrected chi connectivity index (χ1v) is 15.4. The second-order valence-electron chi connectivity index (χ2n) is 10.4. The van der Waals surface area contributed by atoms with Crippen molar-refractivity contribution < 1.29 is 23.1 Å². The minimum Gasteiger partial charge on any atom is -0.391 e. The Morgan fingerprint density at radius 2 is 2.05 bits per heavy atom. The first kappa shape index (κ1) is 26.7. The Morgan fingerprint density at radius 1 is 1.23 bits per heavy atom. The second-order valence-corrected chi connectivity index (χ2v) is 13.8. The maximum atomic E-state index is 13.7. The van der Waals surface area contributed by atoms with Crippen LogP contribution in [0.1, 0.15) is 26.8 Å². The summed E-state index contributed by atoms with van der Waals surface area (Å²) in [6.07, 6.45) is 0.0273. The number of carbonyl (C=O) groups is 2. The van der Waals surface area contributed by atoms with Crippen LogP contribution in [0, 0.1) is 0 Å². The molecule has 11 nitrogen and oxygen atoms in total. The van der Waals surface area contributed by atoms with Crippen LogP contribution in [0.5, 0.6) is 0 Å². The molecule has 0 bridgehead atoms. The molecule has 5 heterocycles. The van der Waals surface area contributed by atoms with Crippen molar-refractivity contribution in [3.63, 3.8) is 0 Å². The highest BCUT2D eigenvalue weighted by atomic mass is 35.5. The fraction of sp³-hybridized carbons (Fsp3) is 0.480. The lowest BCUT2D eigenvalue weighted by molar-refractivity contribution is -0.128. The van der Waals surface area contributed by atoms with E-state index in [1.807, 2.05) is 7.05 Å². The Bertz CT molecular complexity index is 1560. The summed E-state index contributed by atoms with van der Waals surface area (Å²) in [5, 5.41) is 11.6. The number of aromatic amines is 1. The van der Waals surface area contributed by atoms with E-state index in [0.717, 1.165) is 30.1 Å². The molecule has 0 radical (unpaired) electrons. The maximum absolute atomic E-state index is 13.7. The number of H-pyrrole nitrogens is 1. The highest BCUT2D eigenvalue weighted by molar-refractivity contribution is 7.89. The summed E-state index contributed by atoms with van der Waals surface area (Å²) >= 11 is 7.46. The molecule has 0 aliphatic carbocycles. The number of aromatic nitrogens is 2. The maximum Gasteiger partial charge on any atom is 0.283 e. The number of hydrogen-bond acceptors (Lipinski definition) is 8. The number of thiazole rings is 1. The number of sulfonamides is 1. The third-order valence-corrected chi connectivity index (χ3v) is 10.7. The van der Waals surface area contributed by atoms with E-state index in [2.05, 4.69) is 14.9 Å². The van der Waals surface area contributed by atoms with Crippen molar-refractivity contribution in [3.05, 3.63) is 44.9 Å².